The van der Waals surface area contributed by atoms with E-state index in [1.165, 1.54) is 6.07 Å². The summed E-state index contributed by atoms with van der Waals surface area (Å²) in [7, 11) is 0. The highest BCUT2D eigenvalue weighted by Crippen LogP contribution is 2.26. The summed E-state index contributed by atoms with van der Waals surface area (Å²) in [6.07, 6.45) is 0. The molecule has 0 radical (unpaired) electrons. The Labute approximate surface area is 120 Å². The average molecular weight is 296 g/mol. The van der Waals surface area contributed by atoms with Gasteiger partial charge in [-0.15, -0.1) is 0 Å². The van der Waals surface area contributed by atoms with E-state index < -0.39 is 23.0 Å². The summed E-state index contributed by atoms with van der Waals surface area (Å²) in [5.41, 5.74) is 5.88. The number of halogens is 3. The first-order valence-corrected chi connectivity index (χ1v) is 6.25. The topological polar surface area (TPSA) is 43.1 Å². The van der Waals surface area contributed by atoms with Gasteiger partial charge in [0.1, 0.15) is 5.82 Å². The van der Waals surface area contributed by atoms with Gasteiger partial charge in [-0.05, 0) is 49.2 Å². The van der Waals surface area contributed by atoms with Crippen LogP contribution in [0.4, 0.5) is 14.5 Å². The average Bonchev–Trinajstić information content (AvgIpc) is 2.38. The molecule has 2 rings (SSSR count). The van der Waals surface area contributed by atoms with Gasteiger partial charge in [-0.1, -0.05) is 11.6 Å². The van der Waals surface area contributed by atoms with Gasteiger partial charge in [0.15, 0.2) is 11.6 Å². The number of carbonyl (C=O) groups is 1. The number of ketones is 1. The molecular formula is C15H12ClF2NO. The molecule has 0 saturated heterocycles. The van der Waals surface area contributed by atoms with E-state index in [-0.39, 0.29) is 11.3 Å². The molecule has 0 amide bonds. The van der Waals surface area contributed by atoms with Gasteiger partial charge in [0.2, 0.25) is 0 Å². The Morgan fingerprint density at radius 1 is 1.15 bits per heavy atom. The number of rotatable bonds is 2. The zero-order valence-corrected chi connectivity index (χ0v) is 11.7. The zero-order valence-electron chi connectivity index (χ0n) is 10.9. The van der Waals surface area contributed by atoms with Crippen LogP contribution in [-0.4, -0.2) is 5.78 Å². The molecule has 104 valence electrons. The molecule has 0 heterocycles. The van der Waals surface area contributed by atoms with Gasteiger partial charge in [0.05, 0.1) is 11.3 Å². The molecule has 2 N–H and O–H groups in total. The number of benzene rings is 2. The minimum absolute atomic E-state index is 0.204. The van der Waals surface area contributed by atoms with Gasteiger partial charge in [0.25, 0.3) is 0 Å². The Balaban J connectivity index is 2.64. The molecule has 0 saturated carbocycles. The fraction of sp³-hybridized carbons (Fsp3) is 0.133. The van der Waals surface area contributed by atoms with Crippen molar-refractivity contribution in [2.75, 3.05) is 5.73 Å². The van der Waals surface area contributed by atoms with Gasteiger partial charge < -0.3 is 5.73 Å². The lowest BCUT2D eigenvalue weighted by atomic mass is 9.96. The van der Waals surface area contributed by atoms with Crippen LogP contribution >= 0.6 is 11.6 Å². The number of carbonyl (C=O) groups excluding carboxylic acids is 1. The van der Waals surface area contributed by atoms with Crippen molar-refractivity contribution in [1.82, 2.24) is 0 Å². The lowest BCUT2D eigenvalue weighted by Crippen LogP contribution is -2.11. The van der Waals surface area contributed by atoms with E-state index in [1.807, 2.05) is 0 Å². The molecule has 0 aromatic heterocycles. The molecule has 0 unspecified atom stereocenters. The number of nitrogen functional groups attached to an aromatic ring is 1. The standard InChI is InChI=1S/C15H12ClF2NO/c1-7-6-10(16)8(2)5-9(7)15(20)13-11(17)3-4-12(19)14(13)18/h3-6H,19H2,1-2H3. The normalized spacial score (nSPS) is 10.7. The smallest absolute Gasteiger partial charge is 0.199 e. The van der Waals surface area contributed by atoms with Crippen LogP contribution in [-0.2, 0) is 0 Å². The summed E-state index contributed by atoms with van der Waals surface area (Å²) in [5.74, 6) is -2.72. The Morgan fingerprint density at radius 3 is 2.45 bits per heavy atom. The largest absolute Gasteiger partial charge is 0.396 e. The van der Waals surface area contributed by atoms with Crippen LogP contribution < -0.4 is 5.73 Å². The summed E-state index contributed by atoms with van der Waals surface area (Å²) in [4.78, 5) is 12.3. The van der Waals surface area contributed by atoms with Crippen molar-refractivity contribution in [2.45, 2.75) is 13.8 Å². The van der Waals surface area contributed by atoms with E-state index in [1.54, 1.807) is 19.9 Å². The molecule has 2 aromatic carbocycles. The number of hydrogen-bond acceptors (Lipinski definition) is 2. The first-order chi connectivity index (χ1) is 9.32. The quantitative estimate of drug-likeness (QED) is 0.671. The van der Waals surface area contributed by atoms with E-state index >= 15 is 0 Å². The summed E-state index contributed by atoms with van der Waals surface area (Å²) in [5, 5.41) is 0.493. The highest BCUT2D eigenvalue weighted by Gasteiger charge is 2.22. The third-order valence-corrected chi connectivity index (χ3v) is 3.51. The molecule has 0 aliphatic rings. The predicted octanol–water partition coefficient (Wildman–Crippen LogP) is 4.05. The summed E-state index contributed by atoms with van der Waals surface area (Å²) >= 11 is 5.94. The summed E-state index contributed by atoms with van der Waals surface area (Å²) < 4.78 is 27.6. The third kappa shape index (κ3) is 2.39. The van der Waals surface area contributed by atoms with Gasteiger partial charge in [-0.2, -0.15) is 0 Å². The van der Waals surface area contributed by atoms with Crippen molar-refractivity contribution in [1.29, 1.82) is 0 Å². The number of aryl methyl sites for hydroxylation is 2. The van der Waals surface area contributed by atoms with Crippen LogP contribution in [0.3, 0.4) is 0 Å². The molecule has 0 aliphatic carbocycles. The Bertz CT molecular complexity index is 714. The van der Waals surface area contributed by atoms with Crippen molar-refractivity contribution >= 4 is 23.1 Å². The molecule has 0 atom stereocenters. The van der Waals surface area contributed by atoms with E-state index in [0.717, 1.165) is 12.1 Å². The molecule has 2 nitrogen and oxygen atoms in total. The summed E-state index contributed by atoms with van der Waals surface area (Å²) in [6.45, 7) is 3.37. The third-order valence-electron chi connectivity index (χ3n) is 3.10. The first-order valence-electron chi connectivity index (χ1n) is 5.88. The van der Waals surface area contributed by atoms with Crippen molar-refractivity contribution in [3.63, 3.8) is 0 Å². The number of anilines is 1. The Morgan fingerprint density at radius 2 is 1.80 bits per heavy atom. The minimum atomic E-state index is -1.04. The first kappa shape index (κ1) is 14.5. The van der Waals surface area contributed by atoms with Crippen molar-refractivity contribution in [3.05, 3.63) is 63.2 Å². The van der Waals surface area contributed by atoms with E-state index in [0.29, 0.717) is 16.1 Å². The lowest BCUT2D eigenvalue weighted by molar-refractivity contribution is 0.103. The van der Waals surface area contributed by atoms with Crippen LogP contribution in [0, 0.1) is 25.5 Å². The van der Waals surface area contributed by atoms with Crippen LogP contribution in [0.2, 0.25) is 5.02 Å². The fourth-order valence-corrected chi connectivity index (χ4v) is 2.16. The molecular weight excluding hydrogens is 284 g/mol. The molecule has 0 spiro atoms. The molecule has 2 aromatic rings. The SMILES string of the molecule is Cc1cc(C(=O)c2c(F)ccc(N)c2F)c(C)cc1Cl. The van der Waals surface area contributed by atoms with E-state index in [4.69, 9.17) is 17.3 Å². The molecule has 5 heteroatoms. The molecule has 20 heavy (non-hydrogen) atoms. The molecule has 0 fully saturated rings. The molecule has 0 aliphatic heterocycles. The fourth-order valence-electron chi connectivity index (χ4n) is 1.94. The highest BCUT2D eigenvalue weighted by molar-refractivity contribution is 6.31. The predicted molar refractivity (Wildman–Crippen MR) is 75.1 cm³/mol. The lowest BCUT2D eigenvalue weighted by Gasteiger charge is -2.10. The maximum Gasteiger partial charge on any atom is 0.199 e. The second-order valence-electron chi connectivity index (χ2n) is 4.57. The van der Waals surface area contributed by atoms with Gasteiger partial charge in [-0.25, -0.2) is 8.78 Å². The van der Waals surface area contributed by atoms with Gasteiger partial charge >= 0.3 is 0 Å². The second kappa shape index (κ2) is 5.21. The van der Waals surface area contributed by atoms with Crippen LogP contribution in [0.25, 0.3) is 0 Å². The minimum Gasteiger partial charge on any atom is -0.396 e. The van der Waals surface area contributed by atoms with Crippen molar-refractivity contribution in [3.8, 4) is 0 Å². The highest BCUT2D eigenvalue weighted by atomic mass is 35.5. The zero-order chi connectivity index (χ0) is 15.0. The summed E-state index contributed by atoms with van der Waals surface area (Å²) in [6, 6.07) is 5.17. The van der Waals surface area contributed by atoms with E-state index in [2.05, 4.69) is 0 Å². The van der Waals surface area contributed by atoms with E-state index in [9.17, 15) is 13.6 Å². The Hall–Kier alpha value is -1.94. The maximum absolute atomic E-state index is 13.9. The monoisotopic (exact) mass is 295 g/mol. The van der Waals surface area contributed by atoms with Crippen molar-refractivity contribution in [2.24, 2.45) is 0 Å². The number of hydrogen-bond donors (Lipinski definition) is 1. The number of nitrogens with two attached hydrogens (primary N) is 1. The van der Waals surface area contributed by atoms with Crippen LogP contribution in [0.1, 0.15) is 27.0 Å². The van der Waals surface area contributed by atoms with Gasteiger partial charge in [-0.3, -0.25) is 4.79 Å². The van der Waals surface area contributed by atoms with Gasteiger partial charge in [0, 0.05) is 10.6 Å². The van der Waals surface area contributed by atoms with Crippen molar-refractivity contribution < 1.29 is 13.6 Å². The van der Waals surface area contributed by atoms with Crippen LogP contribution in [0.5, 0.6) is 0 Å². The molecule has 0 bridgehead atoms. The maximum atomic E-state index is 13.9. The second-order valence-corrected chi connectivity index (χ2v) is 4.98. The van der Waals surface area contributed by atoms with Crippen LogP contribution in [0.15, 0.2) is 24.3 Å². The Kier molecular flexibility index (Phi) is 3.77.